The van der Waals surface area contributed by atoms with E-state index in [1.807, 2.05) is 80.7 Å². The smallest absolute Gasteiger partial charge is 0.273 e. The van der Waals surface area contributed by atoms with Crippen LogP contribution in [0.2, 0.25) is 0 Å². The molecule has 0 radical (unpaired) electrons. The normalized spacial score (nSPS) is 17.3. The second kappa shape index (κ2) is 9.15. The van der Waals surface area contributed by atoms with E-state index in [0.717, 1.165) is 32.8 Å². The largest absolute Gasteiger partial charge is 0.350 e. The molecule has 0 fully saturated rings. The number of hydrogen-bond donors (Lipinski definition) is 1. The average Bonchev–Trinajstić information content (AvgIpc) is 3.50. The van der Waals surface area contributed by atoms with Crippen molar-refractivity contribution in [2.24, 2.45) is 0 Å². The number of rotatable bonds is 6. The van der Waals surface area contributed by atoms with Crippen molar-refractivity contribution in [2.45, 2.75) is 45.9 Å². The summed E-state index contributed by atoms with van der Waals surface area (Å²) < 4.78 is 1.69. The molecular weight excluding hydrogens is 456 g/mol. The number of nitrogens with zero attached hydrogens (tertiary/aromatic N) is 3. The second-order valence-electron chi connectivity index (χ2n) is 9.38. The molecule has 2 amide bonds. The van der Waals surface area contributed by atoms with Gasteiger partial charge in [0.05, 0.1) is 11.4 Å². The Hall–Kier alpha value is -3.71. The highest BCUT2D eigenvalue weighted by atomic mass is 32.1. The number of fused-ring (bicyclic) bond motifs is 1. The van der Waals surface area contributed by atoms with Crippen molar-refractivity contribution < 1.29 is 9.59 Å². The molecule has 1 N–H and O–H groups in total. The molecule has 35 heavy (non-hydrogen) atoms. The minimum Gasteiger partial charge on any atom is -0.350 e. The van der Waals surface area contributed by atoms with Crippen LogP contribution in [0, 0.1) is 13.8 Å². The van der Waals surface area contributed by atoms with Gasteiger partial charge in [-0.1, -0.05) is 65.7 Å². The lowest BCUT2D eigenvalue weighted by atomic mass is 9.93. The lowest BCUT2D eigenvalue weighted by molar-refractivity contribution is -0.133. The maximum atomic E-state index is 13.8. The number of nitrogens with one attached hydrogen (secondary N) is 1. The lowest BCUT2D eigenvalue weighted by Gasteiger charge is -2.43. The van der Waals surface area contributed by atoms with Gasteiger partial charge in [-0.05, 0) is 49.4 Å². The van der Waals surface area contributed by atoms with E-state index >= 15 is 0 Å². The Labute approximate surface area is 209 Å². The molecule has 0 spiro atoms. The third-order valence-electron chi connectivity index (χ3n) is 6.52. The highest BCUT2D eigenvalue weighted by molar-refractivity contribution is 7.13. The van der Waals surface area contributed by atoms with Crippen LogP contribution in [0.3, 0.4) is 0 Å². The van der Waals surface area contributed by atoms with Crippen LogP contribution in [0.5, 0.6) is 0 Å². The Kier molecular flexibility index (Phi) is 6.03. The average molecular weight is 485 g/mol. The minimum atomic E-state index is -1.10. The fraction of sp³-hybridized carbons (Fsp3) is 0.250. The van der Waals surface area contributed by atoms with Crippen molar-refractivity contribution in [3.8, 4) is 10.6 Å². The number of thiophene rings is 1. The zero-order valence-corrected chi connectivity index (χ0v) is 20.9. The fourth-order valence-electron chi connectivity index (χ4n) is 4.62. The first kappa shape index (κ1) is 23.1. The fourth-order valence-corrected chi connectivity index (χ4v) is 5.30. The van der Waals surface area contributed by atoms with Crippen LogP contribution in [-0.4, -0.2) is 32.0 Å². The molecule has 3 heterocycles. The van der Waals surface area contributed by atoms with Crippen LogP contribution in [0.15, 0.2) is 72.1 Å². The second-order valence-corrected chi connectivity index (χ2v) is 10.3. The number of carbonyl (C=O) groups excluding carboxylic acids is 2. The third-order valence-corrected chi connectivity index (χ3v) is 7.41. The van der Waals surface area contributed by atoms with Crippen molar-refractivity contribution in [3.63, 3.8) is 0 Å². The van der Waals surface area contributed by atoms with Crippen molar-refractivity contribution in [1.82, 2.24) is 20.0 Å². The number of carbonyl (C=O) groups is 2. The molecule has 5 rings (SSSR count). The molecule has 2 aromatic carbocycles. The molecule has 0 saturated heterocycles. The van der Waals surface area contributed by atoms with Crippen LogP contribution in [0.25, 0.3) is 10.6 Å². The van der Waals surface area contributed by atoms with Gasteiger partial charge in [-0.15, -0.1) is 11.3 Å². The number of aromatic nitrogens is 2. The van der Waals surface area contributed by atoms with Gasteiger partial charge < -0.3 is 10.2 Å². The van der Waals surface area contributed by atoms with Crippen LogP contribution < -0.4 is 5.32 Å². The van der Waals surface area contributed by atoms with Gasteiger partial charge in [0.2, 0.25) is 5.91 Å². The first-order valence-electron chi connectivity index (χ1n) is 11.7. The SMILES string of the molecule is Cc1cccc(CNC(=O)[C@]2(C)Cn3nc(-c4cccs4)cc3C(=O)N2Cc2cccc(C)c2)c1. The van der Waals surface area contributed by atoms with Crippen LogP contribution in [0.1, 0.15) is 39.7 Å². The van der Waals surface area contributed by atoms with E-state index in [1.165, 1.54) is 0 Å². The molecule has 4 aromatic rings. The highest BCUT2D eigenvalue weighted by Crippen LogP contribution is 2.32. The number of amides is 2. The van der Waals surface area contributed by atoms with E-state index < -0.39 is 5.54 Å². The summed E-state index contributed by atoms with van der Waals surface area (Å²) in [6.07, 6.45) is 0. The molecule has 6 nitrogen and oxygen atoms in total. The summed E-state index contributed by atoms with van der Waals surface area (Å²) in [5.41, 5.74) is 4.42. The van der Waals surface area contributed by atoms with E-state index in [9.17, 15) is 9.59 Å². The molecule has 1 aliphatic rings. The maximum absolute atomic E-state index is 13.8. The van der Waals surface area contributed by atoms with Gasteiger partial charge in [0.25, 0.3) is 5.91 Å². The van der Waals surface area contributed by atoms with Crippen molar-refractivity contribution in [2.75, 3.05) is 0 Å². The molecule has 0 bridgehead atoms. The third kappa shape index (κ3) is 4.51. The van der Waals surface area contributed by atoms with E-state index in [0.29, 0.717) is 18.8 Å². The Bertz CT molecular complexity index is 1390. The molecule has 1 aliphatic heterocycles. The Balaban J connectivity index is 1.49. The molecule has 178 valence electrons. The monoisotopic (exact) mass is 484 g/mol. The summed E-state index contributed by atoms with van der Waals surface area (Å²) in [6.45, 7) is 6.91. The van der Waals surface area contributed by atoms with Gasteiger partial charge in [0.15, 0.2) is 0 Å². The molecule has 1 atom stereocenters. The Morgan fingerprint density at radius 1 is 1.03 bits per heavy atom. The van der Waals surface area contributed by atoms with Gasteiger partial charge in [-0.3, -0.25) is 14.3 Å². The summed E-state index contributed by atoms with van der Waals surface area (Å²) in [5.74, 6) is -0.389. The quantitative estimate of drug-likeness (QED) is 0.421. The molecular formula is C28H28N4O2S. The maximum Gasteiger partial charge on any atom is 0.273 e. The topological polar surface area (TPSA) is 67.2 Å². The van der Waals surface area contributed by atoms with Crippen LogP contribution >= 0.6 is 11.3 Å². The van der Waals surface area contributed by atoms with Gasteiger partial charge in [-0.25, -0.2) is 0 Å². The predicted octanol–water partition coefficient (Wildman–Crippen LogP) is 4.96. The van der Waals surface area contributed by atoms with Gasteiger partial charge in [0.1, 0.15) is 16.9 Å². The van der Waals surface area contributed by atoms with Crippen molar-refractivity contribution >= 4 is 23.2 Å². The first-order chi connectivity index (χ1) is 16.8. The van der Waals surface area contributed by atoms with Crippen LogP contribution in [-0.2, 0) is 24.4 Å². The van der Waals surface area contributed by atoms with E-state index in [1.54, 1.807) is 20.9 Å². The zero-order valence-electron chi connectivity index (χ0n) is 20.1. The standard InChI is InChI=1S/C28H28N4O2S/c1-19-7-4-9-21(13-19)16-29-27(34)28(3)18-32-24(15-23(30-32)25-11-6-12-35-25)26(33)31(28)17-22-10-5-8-20(2)14-22/h4-15H,16-18H2,1-3H3,(H,29,34)/t28-/m0/s1. The molecule has 7 heteroatoms. The Morgan fingerprint density at radius 3 is 2.43 bits per heavy atom. The van der Waals surface area contributed by atoms with Gasteiger partial charge in [0, 0.05) is 13.1 Å². The predicted molar refractivity (Wildman–Crippen MR) is 138 cm³/mol. The van der Waals surface area contributed by atoms with Crippen molar-refractivity contribution in [3.05, 3.63) is 100 Å². The summed E-state index contributed by atoms with van der Waals surface area (Å²) >= 11 is 1.58. The number of hydrogen-bond acceptors (Lipinski definition) is 4. The molecule has 0 unspecified atom stereocenters. The Morgan fingerprint density at radius 2 is 1.74 bits per heavy atom. The van der Waals surface area contributed by atoms with Gasteiger partial charge >= 0.3 is 0 Å². The molecule has 2 aromatic heterocycles. The molecule has 0 saturated carbocycles. The van der Waals surface area contributed by atoms with E-state index in [-0.39, 0.29) is 18.4 Å². The highest BCUT2D eigenvalue weighted by Gasteiger charge is 2.48. The number of aryl methyl sites for hydroxylation is 2. The lowest BCUT2D eigenvalue weighted by Crippen LogP contribution is -2.63. The summed E-state index contributed by atoms with van der Waals surface area (Å²) in [6, 6.07) is 21.9. The van der Waals surface area contributed by atoms with Gasteiger partial charge in [-0.2, -0.15) is 5.10 Å². The minimum absolute atomic E-state index is 0.193. The number of benzene rings is 2. The first-order valence-corrected chi connectivity index (χ1v) is 12.5. The van der Waals surface area contributed by atoms with E-state index in [4.69, 9.17) is 5.10 Å². The summed E-state index contributed by atoms with van der Waals surface area (Å²) in [4.78, 5) is 30.2. The molecule has 0 aliphatic carbocycles. The van der Waals surface area contributed by atoms with Crippen LogP contribution in [0.4, 0.5) is 0 Å². The van der Waals surface area contributed by atoms with E-state index in [2.05, 4.69) is 17.4 Å². The summed E-state index contributed by atoms with van der Waals surface area (Å²) in [5, 5.41) is 9.77. The van der Waals surface area contributed by atoms with Crippen molar-refractivity contribution in [1.29, 1.82) is 0 Å². The summed E-state index contributed by atoms with van der Waals surface area (Å²) in [7, 11) is 0. The zero-order chi connectivity index (χ0) is 24.6.